The van der Waals surface area contributed by atoms with Crippen LogP contribution in [0.1, 0.15) is 31.2 Å². The van der Waals surface area contributed by atoms with Crippen molar-refractivity contribution < 1.29 is 4.39 Å². The van der Waals surface area contributed by atoms with E-state index in [1.54, 1.807) is 6.07 Å². The molecule has 0 heterocycles. The van der Waals surface area contributed by atoms with Gasteiger partial charge < -0.3 is 11.1 Å². The zero-order chi connectivity index (χ0) is 13.0. The Morgan fingerprint density at radius 1 is 1.28 bits per heavy atom. The minimum atomic E-state index is -0.120. The van der Waals surface area contributed by atoms with Crippen molar-refractivity contribution in [3.8, 4) is 0 Å². The molecule has 1 aromatic carbocycles. The van der Waals surface area contributed by atoms with Gasteiger partial charge in [-0.15, -0.1) is 0 Å². The minimum absolute atomic E-state index is 0.120. The predicted molar refractivity (Wildman–Crippen MR) is 76.0 cm³/mol. The molecule has 1 fully saturated rings. The monoisotopic (exact) mass is 314 g/mol. The Hall–Kier alpha value is -0.450. The van der Waals surface area contributed by atoms with E-state index in [0.717, 1.165) is 48.7 Å². The summed E-state index contributed by atoms with van der Waals surface area (Å²) < 4.78 is 14.5. The number of nitrogens with two attached hydrogens (primary N) is 1. The molecule has 100 valence electrons. The third-order valence-corrected chi connectivity index (χ3v) is 4.10. The van der Waals surface area contributed by atoms with Crippen molar-refractivity contribution in [3.05, 3.63) is 34.1 Å². The lowest BCUT2D eigenvalue weighted by molar-refractivity contribution is 0.344. The fraction of sp³-hybridized carbons (Fsp3) is 0.571. The van der Waals surface area contributed by atoms with Crippen molar-refractivity contribution in [2.24, 2.45) is 5.73 Å². The maximum Gasteiger partial charge on any atom is 0.126 e. The normalized spacial score (nSPS) is 24.2. The molecule has 2 nitrogen and oxygen atoms in total. The molecule has 4 heteroatoms. The summed E-state index contributed by atoms with van der Waals surface area (Å²) in [6.45, 7) is 0.827. The number of halogens is 2. The van der Waals surface area contributed by atoms with E-state index >= 15 is 0 Å². The van der Waals surface area contributed by atoms with E-state index < -0.39 is 0 Å². The van der Waals surface area contributed by atoms with E-state index in [0.29, 0.717) is 12.1 Å². The SMILES string of the molecule is NC1CCC(NCCc2cc(Br)ccc2F)CC1. The Bertz CT molecular complexity index is 389. The third kappa shape index (κ3) is 4.04. The van der Waals surface area contributed by atoms with E-state index in [9.17, 15) is 4.39 Å². The van der Waals surface area contributed by atoms with Crippen LogP contribution in [0.3, 0.4) is 0 Å². The summed E-state index contributed by atoms with van der Waals surface area (Å²) in [5, 5.41) is 3.50. The fourth-order valence-electron chi connectivity index (χ4n) is 2.47. The summed E-state index contributed by atoms with van der Waals surface area (Å²) in [7, 11) is 0. The lowest BCUT2D eigenvalue weighted by atomic mass is 9.92. The van der Waals surface area contributed by atoms with Crippen molar-refractivity contribution in [1.29, 1.82) is 0 Å². The van der Waals surface area contributed by atoms with Crippen LogP contribution in [0.4, 0.5) is 4.39 Å². The molecule has 18 heavy (non-hydrogen) atoms. The van der Waals surface area contributed by atoms with Crippen molar-refractivity contribution in [1.82, 2.24) is 5.32 Å². The van der Waals surface area contributed by atoms with Crippen LogP contribution < -0.4 is 11.1 Å². The predicted octanol–water partition coefficient (Wildman–Crippen LogP) is 2.99. The fourth-order valence-corrected chi connectivity index (χ4v) is 2.88. The molecule has 3 N–H and O–H groups in total. The molecular weight excluding hydrogens is 295 g/mol. The molecule has 1 aliphatic rings. The second-order valence-corrected chi connectivity index (χ2v) is 5.97. The smallest absolute Gasteiger partial charge is 0.126 e. The summed E-state index contributed by atoms with van der Waals surface area (Å²) in [6, 6.07) is 6.03. The molecule has 1 saturated carbocycles. The van der Waals surface area contributed by atoms with Gasteiger partial charge in [-0.3, -0.25) is 0 Å². The first-order chi connectivity index (χ1) is 8.65. The van der Waals surface area contributed by atoms with E-state index in [1.165, 1.54) is 6.07 Å². The van der Waals surface area contributed by atoms with E-state index in [4.69, 9.17) is 5.73 Å². The van der Waals surface area contributed by atoms with Crippen LogP contribution in [0.2, 0.25) is 0 Å². The Labute approximate surface area is 116 Å². The van der Waals surface area contributed by atoms with Gasteiger partial charge in [-0.05, 0) is 62.4 Å². The molecule has 0 spiro atoms. The maximum absolute atomic E-state index is 13.5. The first-order valence-electron chi connectivity index (χ1n) is 6.58. The van der Waals surface area contributed by atoms with Gasteiger partial charge in [-0.25, -0.2) is 4.39 Å². The zero-order valence-corrected chi connectivity index (χ0v) is 12.0. The Kier molecular flexibility index (Phi) is 5.15. The number of hydrogen-bond donors (Lipinski definition) is 2. The number of nitrogens with one attached hydrogen (secondary N) is 1. The molecule has 1 aromatic rings. The molecule has 0 amide bonds. The van der Waals surface area contributed by atoms with Crippen LogP contribution in [-0.2, 0) is 6.42 Å². The van der Waals surface area contributed by atoms with Crippen molar-refractivity contribution in [2.75, 3.05) is 6.54 Å². The largest absolute Gasteiger partial charge is 0.328 e. The van der Waals surface area contributed by atoms with Gasteiger partial charge in [0.15, 0.2) is 0 Å². The highest BCUT2D eigenvalue weighted by Gasteiger charge is 2.17. The second kappa shape index (κ2) is 6.64. The highest BCUT2D eigenvalue weighted by atomic mass is 79.9. The molecule has 1 aliphatic carbocycles. The first-order valence-corrected chi connectivity index (χ1v) is 7.37. The molecule has 0 bridgehead atoms. The van der Waals surface area contributed by atoms with Gasteiger partial charge in [0, 0.05) is 16.6 Å². The van der Waals surface area contributed by atoms with Crippen LogP contribution >= 0.6 is 15.9 Å². The summed E-state index contributed by atoms with van der Waals surface area (Å²) in [5.41, 5.74) is 6.64. The summed E-state index contributed by atoms with van der Waals surface area (Å²) in [4.78, 5) is 0. The average molecular weight is 315 g/mol. The summed E-state index contributed by atoms with van der Waals surface area (Å²) >= 11 is 3.37. The van der Waals surface area contributed by atoms with E-state index in [1.807, 2.05) is 6.07 Å². The highest BCUT2D eigenvalue weighted by Crippen LogP contribution is 2.18. The number of hydrogen-bond acceptors (Lipinski definition) is 2. The van der Waals surface area contributed by atoms with Gasteiger partial charge in [-0.2, -0.15) is 0 Å². The Morgan fingerprint density at radius 3 is 2.72 bits per heavy atom. The minimum Gasteiger partial charge on any atom is -0.328 e. The molecule has 2 rings (SSSR count). The van der Waals surface area contributed by atoms with Gasteiger partial charge >= 0.3 is 0 Å². The van der Waals surface area contributed by atoms with Crippen molar-refractivity contribution >= 4 is 15.9 Å². The van der Waals surface area contributed by atoms with Crippen LogP contribution in [0.5, 0.6) is 0 Å². The Balaban J connectivity index is 1.76. The molecular formula is C14H20BrFN2. The number of rotatable bonds is 4. The van der Waals surface area contributed by atoms with Crippen molar-refractivity contribution in [2.45, 2.75) is 44.2 Å². The standard InChI is InChI=1S/C14H20BrFN2/c15-11-1-6-14(16)10(9-11)7-8-18-13-4-2-12(17)3-5-13/h1,6,9,12-13,18H,2-5,7-8,17H2. The van der Waals surface area contributed by atoms with E-state index in [-0.39, 0.29) is 5.82 Å². The molecule has 0 radical (unpaired) electrons. The molecule has 0 aliphatic heterocycles. The second-order valence-electron chi connectivity index (χ2n) is 5.05. The average Bonchev–Trinajstić information content (AvgIpc) is 2.36. The molecule has 0 saturated heterocycles. The topological polar surface area (TPSA) is 38.0 Å². The molecule has 0 aromatic heterocycles. The summed E-state index contributed by atoms with van der Waals surface area (Å²) in [5.74, 6) is -0.120. The van der Waals surface area contributed by atoms with Crippen LogP contribution in [-0.4, -0.2) is 18.6 Å². The molecule has 0 atom stereocenters. The van der Waals surface area contributed by atoms with E-state index in [2.05, 4.69) is 21.2 Å². The third-order valence-electron chi connectivity index (χ3n) is 3.61. The highest BCUT2D eigenvalue weighted by molar-refractivity contribution is 9.10. The quantitative estimate of drug-likeness (QED) is 0.896. The molecule has 0 unspecified atom stereocenters. The summed E-state index contributed by atoms with van der Waals surface area (Å²) in [6.07, 6.45) is 5.21. The van der Waals surface area contributed by atoms with Crippen LogP contribution in [0.15, 0.2) is 22.7 Å². The lowest BCUT2D eigenvalue weighted by Gasteiger charge is -2.27. The van der Waals surface area contributed by atoms with Crippen LogP contribution in [0.25, 0.3) is 0 Å². The number of benzene rings is 1. The lowest BCUT2D eigenvalue weighted by Crippen LogP contribution is -2.38. The van der Waals surface area contributed by atoms with Crippen LogP contribution in [0, 0.1) is 5.82 Å². The van der Waals surface area contributed by atoms with Gasteiger partial charge in [0.2, 0.25) is 0 Å². The zero-order valence-electron chi connectivity index (χ0n) is 10.5. The van der Waals surface area contributed by atoms with Gasteiger partial charge in [0.1, 0.15) is 5.82 Å². The maximum atomic E-state index is 13.5. The first kappa shape index (κ1) is 14.0. The Morgan fingerprint density at radius 2 is 2.00 bits per heavy atom. The van der Waals surface area contributed by atoms with Gasteiger partial charge in [-0.1, -0.05) is 15.9 Å². The van der Waals surface area contributed by atoms with Gasteiger partial charge in [0.05, 0.1) is 0 Å². The van der Waals surface area contributed by atoms with Crippen molar-refractivity contribution in [3.63, 3.8) is 0 Å². The van der Waals surface area contributed by atoms with Gasteiger partial charge in [0.25, 0.3) is 0 Å².